The first-order chi connectivity index (χ1) is 8.46. The molecule has 0 aromatic carbocycles. The van der Waals surface area contributed by atoms with Gasteiger partial charge in [0.2, 0.25) is 0 Å². The van der Waals surface area contributed by atoms with Crippen molar-refractivity contribution in [2.45, 2.75) is 38.8 Å². The van der Waals surface area contributed by atoms with Gasteiger partial charge in [-0.15, -0.1) is 0 Å². The molecule has 0 aromatic rings. The summed E-state index contributed by atoms with van der Waals surface area (Å²) < 4.78 is 5.21. The summed E-state index contributed by atoms with van der Waals surface area (Å²) in [6.07, 6.45) is 1.28. The van der Waals surface area contributed by atoms with Crippen LogP contribution in [0.25, 0.3) is 0 Å². The van der Waals surface area contributed by atoms with Crippen molar-refractivity contribution in [3.05, 3.63) is 24.0 Å². The summed E-state index contributed by atoms with van der Waals surface area (Å²) >= 11 is 0. The van der Waals surface area contributed by atoms with Gasteiger partial charge >= 0.3 is 5.97 Å². The van der Waals surface area contributed by atoms with E-state index in [-0.39, 0.29) is 19.0 Å². The Bertz CT molecular complexity index is 312. The number of carboxylic acids is 1. The SMILES string of the molecule is C=C/C(OC)=C(\CC)[C@H](C)NC[C@@H](O)CC(=O)O. The number of methoxy groups -OCH3 is 1. The molecule has 0 aliphatic carbocycles. The molecule has 0 bridgehead atoms. The van der Waals surface area contributed by atoms with Gasteiger partial charge < -0.3 is 20.3 Å². The molecule has 0 radical (unpaired) electrons. The molecule has 104 valence electrons. The lowest BCUT2D eigenvalue weighted by Crippen LogP contribution is -2.36. The van der Waals surface area contributed by atoms with E-state index < -0.39 is 12.1 Å². The van der Waals surface area contributed by atoms with Crippen molar-refractivity contribution >= 4 is 5.97 Å². The van der Waals surface area contributed by atoms with Crippen LogP contribution < -0.4 is 5.32 Å². The Hall–Kier alpha value is -1.33. The summed E-state index contributed by atoms with van der Waals surface area (Å²) in [6.45, 7) is 7.85. The highest BCUT2D eigenvalue weighted by Gasteiger charge is 2.14. The molecule has 0 saturated heterocycles. The van der Waals surface area contributed by atoms with Gasteiger partial charge in [-0.2, -0.15) is 0 Å². The molecule has 0 amide bonds. The number of aliphatic hydroxyl groups is 1. The highest BCUT2D eigenvalue weighted by atomic mass is 16.5. The Morgan fingerprint density at radius 2 is 2.17 bits per heavy atom. The predicted octanol–water partition coefficient (Wildman–Crippen LogP) is 1.30. The van der Waals surface area contributed by atoms with E-state index in [2.05, 4.69) is 11.9 Å². The van der Waals surface area contributed by atoms with E-state index >= 15 is 0 Å². The van der Waals surface area contributed by atoms with Crippen molar-refractivity contribution in [1.29, 1.82) is 0 Å². The van der Waals surface area contributed by atoms with Crippen LogP contribution in [0.5, 0.6) is 0 Å². The second-order valence-electron chi connectivity index (χ2n) is 4.03. The van der Waals surface area contributed by atoms with Crippen LogP contribution in [0.15, 0.2) is 24.0 Å². The summed E-state index contributed by atoms with van der Waals surface area (Å²) in [4.78, 5) is 10.4. The quantitative estimate of drug-likeness (QED) is 0.428. The molecule has 0 saturated carbocycles. The predicted molar refractivity (Wildman–Crippen MR) is 70.2 cm³/mol. The molecule has 0 aliphatic rings. The zero-order valence-corrected chi connectivity index (χ0v) is 11.3. The maximum Gasteiger partial charge on any atom is 0.306 e. The average Bonchev–Trinajstić information content (AvgIpc) is 2.32. The topological polar surface area (TPSA) is 78.8 Å². The molecule has 0 aromatic heterocycles. The first-order valence-electron chi connectivity index (χ1n) is 5.98. The average molecular weight is 257 g/mol. The van der Waals surface area contributed by atoms with Crippen LogP contribution in [0, 0.1) is 0 Å². The molecule has 0 spiro atoms. The summed E-state index contributed by atoms with van der Waals surface area (Å²) in [7, 11) is 1.58. The molecule has 5 heteroatoms. The second-order valence-corrected chi connectivity index (χ2v) is 4.03. The molecule has 0 unspecified atom stereocenters. The molecule has 0 heterocycles. The number of hydrogen-bond donors (Lipinski definition) is 3. The van der Waals surface area contributed by atoms with Crippen molar-refractivity contribution in [2.24, 2.45) is 0 Å². The lowest BCUT2D eigenvalue weighted by atomic mass is 10.0. The Balaban J connectivity index is 4.46. The highest BCUT2D eigenvalue weighted by molar-refractivity contribution is 5.67. The smallest absolute Gasteiger partial charge is 0.306 e. The minimum atomic E-state index is -1.01. The van der Waals surface area contributed by atoms with Gasteiger partial charge in [0.05, 0.1) is 19.6 Å². The van der Waals surface area contributed by atoms with Gasteiger partial charge in [0.15, 0.2) is 0 Å². The van der Waals surface area contributed by atoms with Crippen LogP contribution >= 0.6 is 0 Å². The van der Waals surface area contributed by atoms with Crippen molar-refractivity contribution in [3.63, 3.8) is 0 Å². The fraction of sp³-hybridized carbons (Fsp3) is 0.615. The third-order valence-electron chi connectivity index (χ3n) is 2.70. The Kier molecular flexibility index (Phi) is 8.07. The van der Waals surface area contributed by atoms with E-state index in [4.69, 9.17) is 9.84 Å². The Morgan fingerprint density at radius 3 is 2.56 bits per heavy atom. The molecule has 0 fully saturated rings. The maximum atomic E-state index is 10.4. The van der Waals surface area contributed by atoms with Crippen LogP contribution in [0.3, 0.4) is 0 Å². The maximum absolute atomic E-state index is 10.4. The van der Waals surface area contributed by atoms with E-state index in [0.717, 1.165) is 12.0 Å². The Morgan fingerprint density at radius 1 is 1.56 bits per heavy atom. The van der Waals surface area contributed by atoms with Gasteiger partial charge in [-0.05, 0) is 25.0 Å². The molecule has 3 N–H and O–H groups in total. The van der Waals surface area contributed by atoms with Gasteiger partial charge in [-0.25, -0.2) is 0 Å². The van der Waals surface area contributed by atoms with E-state index in [1.54, 1.807) is 13.2 Å². The van der Waals surface area contributed by atoms with E-state index in [0.29, 0.717) is 5.76 Å². The fourth-order valence-electron chi connectivity index (χ4n) is 1.75. The standard InChI is InChI=1S/C13H23NO4/c1-5-11(12(6-2)18-4)9(3)14-8-10(15)7-13(16)17/h6,9-10,14-15H,2,5,7-8H2,1,3-4H3,(H,16,17)/b12-11-/t9-,10-/m0/s1. The van der Waals surface area contributed by atoms with Crippen LogP contribution in [-0.4, -0.2) is 42.0 Å². The van der Waals surface area contributed by atoms with E-state index in [1.807, 2.05) is 13.8 Å². The summed E-state index contributed by atoms with van der Waals surface area (Å²) in [5.74, 6) is -0.294. The van der Waals surface area contributed by atoms with Gasteiger partial charge in [0.1, 0.15) is 5.76 Å². The fourth-order valence-corrected chi connectivity index (χ4v) is 1.75. The molecule has 0 rings (SSSR count). The van der Waals surface area contributed by atoms with Gasteiger partial charge in [0.25, 0.3) is 0 Å². The molecule has 5 nitrogen and oxygen atoms in total. The summed E-state index contributed by atoms with van der Waals surface area (Å²) in [5, 5.41) is 21.1. The van der Waals surface area contributed by atoms with Crippen LogP contribution in [0.1, 0.15) is 26.7 Å². The van der Waals surface area contributed by atoms with E-state index in [9.17, 15) is 9.90 Å². The minimum absolute atomic E-state index is 0.00797. The molecule has 0 aliphatic heterocycles. The van der Waals surface area contributed by atoms with Crippen molar-refractivity contribution in [1.82, 2.24) is 5.32 Å². The van der Waals surface area contributed by atoms with Gasteiger partial charge in [0, 0.05) is 12.6 Å². The number of carbonyl (C=O) groups is 1. The zero-order chi connectivity index (χ0) is 14.1. The number of ether oxygens (including phenoxy) is 1. The van der Waals surface area contributed by atoms with Crippen LogP contribution in [-0.2, 0) is 9.53 Å². The lowest BCUT2D eigenvalue weighted by Gasteiger charge is -2.20. The van der Waals surface area contributed by atoms with Crippen LogP contribution in [0.4, 0.5) is 0 Å². The third-order valence-corrected chi connectivity index (χ3v) is 2.70. The normalized spacial score (nSPS) is 15.6. The summed E-state index contributed by atoms with van der Waals surface area (Å²) in [5.41, 5.74) is 1.04. The second kappa shape index (κ2) is 8.72. The van der Waals surface area contributed by atoms with Gasteiger partial charge in [-0.3, -0.25) is 4.79 Å². The number of aliphatic hydroxyl groups excluding tert-OH is 1. The number of aliphatic carboxylic acids is 1. The number of rotatable bonds is 9. The number of allylic oxidation sites excluding steroid dienone is 1. The van der Waals surface area contributed by atoms with Crippen molar-refractivity contribution in [2.75, 3.05) is 13.7 Å². The molecular formula is C13H23NO4. The van der Waals surface area contributed by atoms with E-state index in [1.165, 1.54) is 0 Å². The van der Waals surface area contributed by atoms with Crippen molar-refractivity contribution in [3.8, 4) is 0 Å². The number of hydrogen-bond acceptors (Lipinski definition) is 4. The zero-order valence-electron chi connectivity index (χ0n) is 11.3. The highest BCUT2D eigenvalue weighted by Crippen LogP contribution is 2.15. The van der Waals surface area contributed by atoms with Crippen molar-refractivity contribution < 1.29 is 19.7 Å². The molecule has 18 heavy (non-hydrogen) atoms. The monoisotopic (exact) mass is 257 g/mol. The minimum Gasteiger partial charge on any atom is -0.497 e. The number of nitrogens with one attached hydrogen (secondary N) is 1. The lowest BCUT2D eigenvalue weighted by molar-refractivity contribution is -0.139. The first-order valence-corrected chi connectivity index (χ1v) is 5.98. The van der Waals surface area contributed by atoms with Crippen LogP contribution in [0.2, 0.25) is 0 Å². The number of carboxylic acid groups (broad SMARTS) is 1. The third kappa shape index (κ3) is 5.84. The first kappa shape index (κ1) is 16.7. The Labute approximate surface area is 108 Å². The van der Waals surface area contributed by atoms with Gasteiger partial charge in [-0.1, -0.05) is 13.5 Å². The largest absolute Gasteiger partial charge is 0.497 e. The molecular weight excluding hydrogens is 234 g/mol. The molecule has 2 atom stereocenters. The summed E-state index contributed by atoms with van der Waals surface area (Å²) in [6, 6.07) is -0.00797.